The van der Waals surface area contributed by atoms with E-state index in [2.05, 4.69) is 5.32 Å². The number of ether oxygens (including phenoxy) is 1. The first-order valence-electron chi connectivity index (χ1n) is 6.16. The first kappa shape index (κ1) is 16.0. The highest BCUT2D eigenvalue weighted by Crippen LogP contribution is 2.17. The van der Waals surface area contributed by atoms with Gasteiger partial charge in [-0.05, 0) is 26.3 Å². The van der Waals surface area contributed by atoms with Gasteiger partial charge in [0, 0.05) is 0 Å². The Kier molecular flexibility index (Phi) is 5.10. The zero-order chi connectivity index (χ0) is 15.3. The standard InChI is InChI=1S/C14H19NO5/c1-14(2,3)20-13(19)15-10(12(17)18)11(16)9-7-5-4-6-8-9/h4-8,10-11,16H,1-3H3,(H,15,19)(H,17,18)/t10-,11+/m0/s1. The fourth-order valence-electron chi connectivity index (χ4n) is 1.55. The largest absolute Gasteiger partial charge is 0.480 e. The van der Waals surface area contributed by atoms with Gasteiger partial charge in [-0.25, -0.2) is 9.59 Å². The molecule has 1 aromatic carbocycles. The van der Waals surface area contributed by atoms with Gasteiger partial charge in [-0.1, -0.05) is 30.3 Å². The SMILES string of the molecule is CC(C)(C)OC(=O)N[C@H](C(=O)O)[C@H](O)c1ccccc1. The van der Waals surface area contributed by atoms with Crippen molar-refractivity contribution < 1.29 is 24.5 Å². The number of amides is 1. The molecule has 0 heterocycles. The maximum absolute atomic E-state index is 11.6. The zero-order valence-corrected chi connectivity index (χ0v) is 11.7. The van der Waals surface area contributed by atoms with Crippen molar-refractivity contribution in [3.05, 3.63) is 35.9 Å². The quantitative estimate of drug-likeness (QED) is 0.780. The molecule has 2 atom stereocenters. The third-order valence-corrected chi connectivity index (χ3v) is 2.40. The lowest BCUT2D eigenvalue weighted by Gasteiger charge is -2.24. The van der Waals surface area contributed by atoms with E-state index in [4.69, 9.17) is 9.84 Å². The van der Waals surface area contributed by atoms with E-state index in [1.807, 2.05) is 0 Å². The Bertz CT molecular complexity index is 466. The van der Waals surface area contributed by atoms with Crippen LogP contribution in [0.3, 0.4) is 0 Å². The predicted octanol–water partition coefficient (Wildman–Crippen LogP) is 1.70. The van der Waals surface area contributed by atoms with Gasteiger partial charge in [0.1, 0.15) is 11.7 Å². The second kappa shape index (κ2) is 6.38. The topological polar surface area (TPSA) is 95.9 Å². The molecule has 0 aliphatic carbocycles. The van der Waals surface area contributed by atoms with Gasteiger partial charge in [0.2, 0.25) is 0 Å². The number of rotatable bonds is 4. The van der Waals surface area contributed by atoms with Crippen LogP contribution in [0.15, 0.2) is 30.3 Å². The van der Waals surface area contributed by atoms with Gasteiger partial charge in [0.15, 0.2) is 6.04 Å². The van der Waals surface area contributed by atoms with E-state index in [9.17, 15) is 14.7 Å². The Morgan fingerprint density at radius 2 is 1.75 bits per heavy atom. The molecule has 0 aliphatic rings. The highest BCUT2D eigenvalue weighted by molar-refractivity contribution is 5.80. The Morgan fingerprint density at radius 1 is 1.20 bits per heavy atom. The molecular formula is C14H19NO5. The summed E-state index contributed by atoms with van der Waals surface area (Å²) in [5.41, 5.74) is -0.346. The molecule has 0 radical (unpaired) electrons. The fraction of sp³-hybridized carbons (Fsp3) is 0.429. The molecule has 0 bridgehead atoms. The summed E-state index contributed by atoms with van der Waals surface area (Å²) in [6.07, 6.45) is -2.25. The molecule has 0 fully saturated rings. The van der Waals surface area contributed by atoms with Crippen molar-refractivity contribution in [2.75, 3.05) is 0 Å². The molecule has 3 N–H and O–H groups in total. The van der Waals surface area contributed by atoms with Crippen LogP contribution < -0.4 is 5.32 Å². The van der Waals surface area contributed by atoms with Gasteiger partial charge in [-0.2, -0.15) is 0 Å². The maximum Gasteiger partial charge on any atom is 0.408 e. The summed E-state index contributed by atoms with van der Waals surface area (Å²) in [7, 11) is 0. The van der Waals surface area contributed by atoms with Gasteiger partial charge < -0.3 is 20.3 Å². The van der Waals surface area contributed by atoms with Crippen molar-refractivity contribution in [1.82, 2.24) is 5.32 Å². The van der Waals surface area contributed by atoms with Crippen LogP contribution in [-0.4, -0.2) is 33.9 Å². The molecule has 0 saturated heterocycles. The van der Waals surface area contributed by atoms with E-state index in [0.29, 0.717) is 5.56 Å². The summed E-state index contributed by atoms with van der Waals surface area (Å²) in [5, 5.41) is 21.3. The van der Waals surface area contributed by atoms with Crippen molar-refractivity contribution in [2.45, 2.75) is 38.5 Å². The molecule has 1 amide bonds. The van der Waals surface area contributed by atoms with E-state index in [1.165, 1.54) is 0 Å². The number of aliphatic carboxylic acids is 1. The molecule has 110 valence electrons. The maximum atomic E-state index is 11.6. The fourth-order valence-corrected chi connectivity index (χ4v) is 1.55. The highest BCUT2D eigenvalue weighted by atomic mass is 16.6. The first-order chi connectivity index (χ1) is 9.20. The van der Waals surface area contributed by atoms with Crippen LogP contribution in [0, 0.1) is 0 Å². The van der Waals surface area contributed by atoms with Gasteiger partial charge in [0.25, 0.3) is 0 Å². The van der Waals surface area contributed by atoms with Crippen molar-refractivity contribution in [1.29, 1.82) is 0 Å². The van der Waals surface area contributed by atoms with E-state index in [0.717, 1.165) is 0 Å². The first-order valence-corrected chi connectivity index (χ1v) is 6.16. The number of carbonyl (C=O) groups excluding carboxylic acids is 1. The molecule has 0 spiro atoms. The van der Waals surface area contributed by atoms with Gasteiger partial charge in [-0.15, -0.1) is 0 Å². The van der Waals surface area contributed by atoms with E-state index < -0.39 is 29.8 Å². The molecule has 6 nitrogen and oxygen atoms in total. The minimum absolute atomic E-state index is 0.399. The summed E-state index contributed by atoms with van der Waals surface area (Å²) < 4.78 is 4.98. The summed E-state index contributed by atoms with van der Waals surface area (Å²) in [6, 6.07) is 6.77. The van der Waals surface area contributed by atoms with Gasteiger partial charge >= 0.3 is 12.1 Å². The Morgan fingerprint density at radius 3 is 2.20 bits per heavy atom. The van der Waals surface area contributed by atoms with Gasteiger partial charge in [0.05, 0.1) is 0 Å². The Balaban J connectivity index is 2.80. The molecule has 0 unspecified atom stereocenters. The second-order valence-corrected chi connectivity index (χ2v) is 5.32. The number of carbonyl (C=O) groups is 2. The molecule has 1 aromatic rings. The highest BCUT2D eigenvalue weighted by Gasteiger charge is 2.31. The van der Waals surface area contributed by atoms with Crippen LogP contribution in [0.1, 0.15) is 32.4 Å². The van der Waals surface area contributed by atoms with E-state index >= 15 is 0 Å². The number of nitrogens with one attached hydrogen (secondary N) is 1. The third kappa shape index (κ3) is 4.89. The van der Waals surface area contributed by atoms with Gasteiger partial charge in [-0.3, -0.25) is 0 Å². The number of hydrogen-bond donors (Lipinski definition) is 3. The Hall–Kier alpha value is -2.08. The number of hydrogen-bond acceptors (Lipinski definition) is 4. The number of aliphatic hydroxyl groups excluding tert-OH is 1. The molecule has 6 heteroatoms. The predicted molar refractivity (Wildman–Crippen MR) is 72.2 cm³/mol. The number of carboxylic acid groups (broad SMARTS) is 1. The van der Waals surface area contributed by atoms with Crippen molar-refractivity contribution in [3.63, 3.8) is 0 Å². The van der Waals surface area contributed by atoms with Crippen LogP contribution in [0.5, 0.6) is 0 Å². The lowest BCUT2D eigenvalue weighted by Crippen LogP contribution is -2.46. The van der Waals surface area contributed by atoms with Crippen molar-refractivity contribution >= 4 is 12.1 Å². The molecule has 1 rings (SSSR count). The molecule has 20 heavy (non-hydrogen) atoms. The minimum Gasteiger partial charge on any atom is -0.480 e. The van der Waals surface area contributed by atoms with E-state index in [1.54, 1.807) is 51.1 Å². The van der Waals surface area contributed by atoms with Crippen molar-refractivity contribution in [3.8, 4) is 0 Å². The van der Waals surface area contributed by atoms with Crippen molar-refractivity contribution in [2.24, 2.45) is 0 Å². The molecule has 0 aromatic heterocycles. The summed E-state index contributed by atoms with van der Waals surface area (Å²) in [4.78, 5) is 22.8. The Labute approximate surface area is 117 Å². The summed E-state index contributed by atoms with van der Waals surface area (Å²) in [6.45, 7) is 4.99. The number of benzene rings is 1. The second-order valence-electron chi connectivity index (χ2n) is 5.32. The summed E-state index contributed by atoms with van der Waals surface area (Å²) >= 11 is 0. The molecule has 0 aliphatic heterocycles. The van der Waals surface area contributed by atoms with Crippen LogP contribution in [0.2, 0.25) is 0 Å². The average molecular weight is 281 g/mol. The lowest BCUT2D eigenvalue weighted by atomic mass is 10.0. The normalized spacial score (nSPS) is 14.2. The average Bonchev–Trinajstić information content (AvgIpc) is 2.34. The van der Waals surface area contributed by atoms with Crippen LogP contribution in [-0.2, 0) is 9.53 Å². The monoisotopic (exact) mass is 281 g/mol. The van der Waals surface area contributed by atoms with Crippen LogP contribution >= 0.6 is 0 Å². The molecule has 0 saturated carbocycles. The van der Waals surface area contributed by atoms with E-state index in [-0.39, 0.29) is 0 Å². The number of carboxylic acids is 1. The summed E-state index contributed by atoms with van der Waals surface area (Å²) in [5.74, 6) is -1.34. The third-order valence-electron chi connectivity index (χ3n) is 2.40. The zero-order valence-electron chi connectivity index (χ0n) is 11.7. The lowest BCUT2D eigenvalue weighted by molar-refractivity contribution is -0.142. The molecular weight excluding hydrogens is 262 g/mol. The van der Waals surface area contributed by atoms with Crippen LogP contribution in [0.4, 0.5) is 4.79 Å². The minimum atomic E-state index is -1.48. The van der Waals surface area contributed by atoms with Crippen LogP contribution in [0.25, 0.3) is 0 Å². The smallest absolute Gasteiger partial charge is 0.408 e. The number of aliphatic hydroxyl groups is 1. The number of alkyl carbamates (subject to hydrolysis) is 1.